The topological polar surface area (TPSA) is 35.5 Å². The second-order valence-electron chi connectivity index (χ2n) is 4.29. The lowest BCUT2D eigenvalue weighted by Gasteiger charge is -2.10. The molecule has 0 N–H and O–H groups in total. The Morgan fingerprint density at radius 3 is 2.71 bits per heavy atom. The minimum Gasteiger partial charge on any atom is -0.494 e. The highest BCUT2D eigenvalue weighted by Crippen LogP contribution is 2.18. The van der Waals surface area contributed by atoms with Gasteiger partial charge in [0.25, 0.3) is 0 Å². The number of hydrogen-bond donors (Lipinski definition) is 0. The molecule has 0 amide bonds. The highest BCUT2D eigenvalue weighted by molar-refractivity contribution is 5.81. The Balaban J connectivity index is 1.53. The Morgan fingerprint density at radius 2 is 2.00 bits per heavy atom. The molecule has 3 nitrogen and oxygen atoms in total. The summed E-state index contributed by atoms with van der Waals surface area (Å²) in [6.45, 7) is 1.33. The number of ketones is 1. The maximum atomic E-state index is 11.0. The molecule has 0 heterocycles. The Bertz CT molecular complexity index is 348. The van der Waals surface area contributed by atoms with Crippen LogP contribution in [0.3, 0.4) is 0 Å². The molecule has 1 fully saturated rings. The monoisotopic (exact) mass is 234 g/mol. The first kappa shape index (κ1) is 12.1. The van der Waals surface area contributed by atoms with Crippen LogP contribution in [-0.2, 0) is 9.53 Å². The fourth-order valence-corrected chi connectivity index (χ4v) is 1.94. The Kier molecular flexibility index (Phi) is 4.56. The number of carbonyl (C=O) groups excluding carboxylic acids is 1. The molecule has 0 aromatic heterocycles. The van der Waals surface area contributed by atoms with Crippen LogP contribution in [0.2, 0.25) is 0 Å². The fourth-order valence-electron chi connectivity index (χ4n) is 1.94. The third-order valence-electron chi connectivity index (χ3n) is 2.85. The summed E-state index contributed by atoms with van der Waals surface area (Å²) in [4.78, 5) is 11.0. The lowest BCUT2D eigenvalue weighted by Crippen LogP contribution is -2.11. The Hall–Kier alpha value is -1.35. The van der Waals surface area contributed by atoms with Gasteiger partial charge in [-0.25, -0.2) is 0 Å². The van der Waals surface area contributed by atoms with E-state index in [9.17, 15) is 4.79 Å². The first-order valence-electron chi connectivity index (χ1n) is 6.16. The number of hydrogen-bond acceptors (Lipinski definition) is 3. The summed E-state index contributed by atoms with van der Waals surface area (Å²) in [5.41, 5.74) is 0. The number of rotatable bonds is 6. The zero-order valence-corrected chi connectivity index (χ0v) is 9.93. The molecule has 2 rings (SSSR count). The zero-order valence-electron chi connectivity index (χ0n) is 9.93. The van der Waals surface area contributed by atoms with E-state index in [4.69, 9.17) is 9.47 Å². The summed E-state index contributed by atoms with van der Waals surface area (Å²) in [5, 5.41) is 0. The second kappa shape index (κ2) is 6.40. The molecule has 3 heteroatoms. The predicted octanol–water partition coefficient (Wildman–Crippen LogP) is 2.59. The highest BCUT2D eigenvalue weighted by atomic mass is 16.5. The molecule has 1 saturated carbocycles. The minimum atomic E-state index is 0.152. The highest BCUT2D eigenvalue weighted by Gasteiger charge is 2.22. The maximum Gasteiger partial charge on any atom is 0.135 e. The van der Waals surface area contributed by atoms with Gasteiger partial charge in [-0.05, 0) is 18.6 Å². The van der Waals surface area contributed by atoms with Gasteiger partial charge in [-0.2, -0.15) is 0 Å². The number of para-hydroxylation sites is 1. The maximum absolute atomic E-state index is 11.0. The van der Waals surface area contributed by atoms with Gasteiger partial charge < -0.3 is 9.47 Å². The molecule has 0 spiro atoms. The van der Waals surface area contributed by atoms with Crippen molar-refractivity contribution in [1.29, 1.82) is 0 Å². The largest absolute Gasteiger partial charge is 0.494 e. The van der Waals surface area contributed by atoms with Gasteiger partial charge in [0.2, 0.25) is 0 Å². The van der Waals surface area contributed by atoms with Crippen LogP contribution in [0.15, 0.2) is 30.3 Å². The van der Waals surface area contributed by atoms with Crippen molar-refractivity contribution in [1.82, 2.24) is 0 Å². The van der Waals surface area contributed by atoms with Crippen molar-refractivity contribution in [3.05, 3.63) is 30.3 Å². The molecule has 0 aliphatic heterocycles. The molecule has 1 aromatic rings. The van der Waals surface area contributed by atoms with Crippen molar-refractivity contribution in [3.8, 4) is 5.75 Å². The van der Waals surface area contributed by atoms with E-state index < -0.39 is 0 Å². The molecule has 0 bridgehead atoms. The van der Waals surface area contributed by atoms with Crippen LogP contribution in [0, 0.1) is 0 Å². The third kappa shape index (κ3) is 4.19. The second-order valence-corrected chi connectivity index (χ2v) is 4.29. The van der Waals surface area contributed by atoms with Crippen LogP contribution >= 0.6 is 0 Å². The first-order valence-corrected chi connectivity index (χ1v) is 6.16. The van der Waals surface area contributed by atoms with Gasteiger partial charge in [-0.15, -0.1) is 0 Å². The van der Waals surface area contributed by atoms with Crippen molar-refractivity contribution in [2.24, 2.45) is 0 Å². The fraction of sp³-hybridized carbons (Fsp3) is 0.500. The standard InChI is InChI=1S/C14H18O3/c15-12-7-8-14(11-12)17-10-4-9-16-13-5-2-1-3-6-13/h1-3,5-6,14H,4,7-11H2. The molecule has 0 saturated heterocycles. The quantitative estimate of drug-likeness (QED) is 0.710. The SMILES string of the molecule is O=C1CCC(OCCCOc2ccccc2)C1. The van der Waals surface area contributed by atoms with Gasteiger partial charge in [-0.3, -0.25) is 4.79 Å². The molecule has 0 radical (unpaired) electrons. The molecule has 1 atom stereocenters. The average molecular weight is 234 g/mol. The van der Waals surface area contributed by atoms with Gasteiger partial charge in [-0.1, -0.05) is 18.2 Å². The van der Waals surface area contributed by atoms with Crippen LogP contribution in [0.1, 0.15) is 25.7 Å². The Labute approximate surface area is 102 Å². The van der Waals surface area contributed by atoms with Crippen LogP contribution in [-0.4, -0.2) is 25.1 Å². The Morgan fingerprint density at radius 1 is 1.18 bits per heavy atom. The average Bonchev–Trinajstić information content (AvgIpc) is 2.76. The van der Waals surface area contributed by atoms with E-state index in [1.807, 2.05) is 30.3 Å². The molecule has 92 valence electrons. The van der Waals surface area contributed by atoms with E-state index in [2.05, 4.69) is 0 Å². The molecular formula is C14H18O3. The summed E-state index contributed by atoms with van der Waals surface area (Å²) in [7, 11) is 0. The minimum absolute atomic E-state index is 0.152. The van der Waals surface area contributed by atoms with Crippen LogP contribution in [0.5, 0.6) is 5.75 Å². The van der Waals surface area contributed by atoms with E-state index in [-0.39, 0.29) is 6.10 Å². The van der Waals surface area contributed by atoms with Crippen LogP contribution in [0.4, 0.5) is 0 Å². The number of benzene rings is 1. The van der Waals surface area contributed by atoms with Crippen molar-refractivity contribution < 1.29 is 14.3 Å². The van der Waals surface area contributed by atoms with Gasteiger partial charge >= 0.3 is 0 Å². The number of carbonyl (C=O) groups is 1. The first-order chi connectivity index (χ1) is 8.34. The van der Waals surface area contributed by atoms with Gasteiger partial charge in [0.15, 0.2) is 0 Å². The summed E-state index contributed by atoms with van der Waals surface area (Å²) in [5.74, 6) is 1.22. The van der Waals surface area contributed by atoms with E-state index in [0.29, 0.717) is 31.8 Å². The third-order valence-corrected chi connectivity index (χ3v) is 2.85. The smallest absolute Gasteiger partial charge is 0.135 e. The zero-order chi connectivity index (χ0) is 11.9. The van der Waals surface area contributed by atoms with Crippen LogP contribution < -0.4 is 4.74 Å². The molecule has 1 aliphatic carbocycles. The van der Waals surface area contributed by atoms with Crippen molar-refractivity contribution in [2.45, 2.75) is 31.8 Å². The van der Waals surface area contributed by atoms with Crippen LogP contribution in [0.25, 0.3) is 0 Å². The predicted molar refractivity (Wildman–Crippen MR) is 65.2 cm³/mol. The van der Waals surface area contributed by atoms with E-state index in [1.165, 1.54) is 0 Å². The molecule has 1 unspecified atom stereocenters. The van der Waals surface area contributed by atoms with Crippen molar-refractivity contribution >= 4 is 5.78 Å². The van der Waals surface area contributed by atoms with Gasteiger partial charge in [0.05, 0.1) is 19.3 Å². The molecular weight excluding hydrogens is 216 g/mol. The summed E-state index contributed by atoms with van der Waals surface area (Å²) in [6.07, 6.45) is 3.18. The number of ether oxygens (including phenoxy) is 2. The summed E-state index contributed by atoms with van der Waals surface area (Å²) < 4.78 is 11.2. The van der Waals surface area contributed by atoms with Gasteiger partial charge in [0, 0.05) is 19.3 Å². The van der Waals surface area contributed by atoms with E-state index in [0.717, 1.165) is 18.6 Å². The van der Waals surface area contributed by atoms with E-state index in [1.54, 1.807) is 0 Å². The van der Waals surface area contributed by atoms with Gasteiger partial charge in [0.1, 0.15) is 11.5 Å². The van der Waals surface area contributed by atoms with Crippen molar-refractivity contribution in [2.75, 3.05) is 13.2 Å². The van der Waals surface area contributed by atoms with Crippen molar-refractivity contribution in [3.63, 3.8) is 0 Å². The number of Topliss-reactive ketones (excluding diaryl/α,β-unsaturated/α-hetero) is 1. The normalized spacial score (nSPS) is 19.5. The molecule has 1 aliphatic rings. The molecule has 17 heavy (non-hydrogen) atoms. The lowest BCUT2D eigenvalue weighted by atomic mass is 10.3. The molecule has 1 aromatic carbocycles. The summed E-state index contributed by atoms with van der Waals surface area (Å²) in [6, 6.07) is 9.76. The lowest BCUT2D eigenvalue weighted by molar-refractivity contribution is -0.118. The van der Waals surface area contributed by atoms with E-state index >= 15 is 0 Å². The summed E-state index contributed by atoms with van der Waals surface area (Å²) >= 11 is 0.